The fraction of sp³-hybridized carbons (Fsp3) is 0.286. The van der Waals surface area contributed by atoms with E-state index in [0.29, 0.717) is 30.0 Å². The Morgan fingerprint density at radius 2 is 1.71 bits per heavy atom. The molecule has 0 aliphatic carbocycles. The van der Waals surface area contributed by atoms with E-state index >= 15 is 0 Å². The van der Waals surface area contributed by atoms with E-state index in [0.717, 1.165) is 11.1 Å². The van der Waals surface area contributed by atoms with Crippen LogP contribution in [0.4, 0.5) is 4.39 Å². The summed E-state index contributed by atoms with van der Waals surface area (Å²) < 4.78 is 18.9. The van der Waals surface area contributed by atoms with Crippen LogP contribution in [0.15, 0.2) is 72.8 Å². The highest BCUT2D eigenvalue weighted by Gasteiger charge is 2.44. The number of likely N-dealkylation sites (N-methyl/N-ethyl adjacent to an activating group) is 1. The second-order valence-electron chi connectivity index (χ2n) is 8.94. The van der Waals surface area contributed by atoms with Crippen LogP contribution in [0.1, 0.15) is 39.0 Å². The molecule has 2 atom stereocenters. The minimum absolute atomic E-state index is 0.142. The molecule has 0 unspecified atom stereocenters. The molecule has 35 heavy (non-hydrogen) atoms. The lowest BCUT2D eigenvalue weighted by Crippen LogP contribution is -2.47. The molecule has 0 saturated carbocycles. The summed E-state index contributed by atoms with van der Waals surface area (Å²) in [4.78, 5) is 31.1. The van der Waals surface area contributed by atoms with Crippen LogP contribution in [0.2, 0.25) is 0 Å². The number of carbonyl (C=O) groups is 2. The number of fused-ring (bicyclic) bond motifs is 1. The normalized spacial score (nSPS) is 17.3. The van der Waals surface area contributed by atoms with Gasteiger partial charge in [-0.3, -0.25) is 9.59 Å². The van der Waals surface area contributed by atoms with Crippen molar-refractivity contribution in [2.75, 3.05) is 34.3 Å². The predicted molar refractivity (Wildman–Crippen MR) is 133 cm³/mol. The summed E-state index contributed by atoms with van der Waals surface area (Å²) in [6.45, 7) is 1.43. The van der Waals surface area contributed by atoms with E-state index in [1.165, 1.54) is 12.1 Å². The average Bonchev–Trinajstić information content (AvgIpc) is 2.86. The number of hydrogen-bond donors (Lipinski definition) is 1. The third-order valence-corrected chi connectivity index (χ3v) is 6.30. The lowest BCUT2D eigenvalue weighted by atomic mass is 9.79. The summed E-state index contributed by atoms with van der Waals surface area (Å²) in [6.07, 6.45) is 0. The first-order valence-corrected chi connectivity index (χ1v) is 11.6. The van der Waals surface area contributed by atoms with Crippen LogP contribution in [0, 0.1) is 5.82 Å². The Bertz CT molecular complexity index is 1180. The highest BCUT2D eigenvalue weighted by atomic mass is 19.1. The number of nitrogens with one attached hydrogen (secondary N) is 1. The van der Waals surface area contributed by atoms with Crippen molar-refractivity contribution in [1.29, 1.82) is 0 Å². The van der Waals surface area contributed by atoms with Crippen LogP contribution in [0.5, 0.6) is 5.75 Å². The molecule has 1 N–H and O–H groups in total. The van der Waals surface area contributed by atoms with Gasteiger partial charge in [-0.05, 0) is 61.1 Å². The Balaban J connectivity index is 1.80. The SMILES string of the molecule is COc1ccc([C@H]2[C@H](C(=O)NCCN(C)C)c3ccccc3C(=O)N2Cc2ccc(F)cc2)cc1. The average molecular weight is 476 g/mol. The summed E-state index contributed by atoms with van der Waals surface area (Å²) in [5, 5.41) is 3.06. The fourth-order valence-corrected chi connectivity index (χ4v) is 4.52. The van der Waals surface area contributed by atoms with Crippen LogP contribution in [-0.4, -0.2) is 55.9 Å². The zero-order valence-electron chi connectivity index (χ0n) is 20.2. The third-order valence-electron chi connectivity index (χ3n) is 6.30. The lowest BCUT2D eigenvalue weighted by molar-refractivity contribution is -0.124. The summed E-state index contributed by atoms with van der Waals surface area (Å²) in [5.74, 6) is -0.568. The van der Waals surface area contributed by atoms with Crippen LogP contribution in [0.25, 0.3) is 0 Å². The van der Waals surface area contributed by atoms with Crippen molar-refractivity contribution < 1.29 is 18.7 Å². The van der Waals surface area contributed by atoms with Gasteiger partial charge in [-0.1, -0.05) is 42.5 Å². The number of carbonyl (C=O) groups excluding carboxylic acids is 2. The Kier molecular flexibility index (Phi) is 7.46. The predicted octanol–water partition coefficient (Wildman–Crippen LogP) is 3.99. The highest BCUT2D eigenvalue weighted by Crippen LogP contribution is 2.43. The van der Waals surface area contributed by atoms with E-state index < -0.39 is 12.0 Å². The van der Waals surface area contributed by atoms with Crippen LogP contribution in [0.3, 0.4) is 0 Å². The first kappa shape index (κ1) is 24.4. The number of nitrogens with zero attached hydrogens (tertiary/aromatic N) is 2. The van der Waals surface area contributed by atoms with Gasteiger partial charge in [0, 0.05) is 25.2 Å². The molecule has 1 aliphatic rings. The maximum Gasteiger partial charge on any atom is 0.255 e. The Labute approximate surface area is 205 Å². The molecule has 3 aromatic carbocycles. The molecule has 0 spiro atoms. The molecule has 1 heterocycles. The largest absolute Gasteiger partial charge is 0.497 e. The summed E-state index contributed by atoms with van der Waals surface area (Å²) in [5.41, 5.74) is 2.82. The van der Waals surface area contributed by atoms with Crippen molar-refractivity contribution >= 4 is 11.8 Å². The number of hydrogen-bond acceptors (Lipinski definition) is 4. The zero-order chi connectivity index (χ0) is 24.9. The maximum absolute atomic E-state index is 13.8. The monoisotopic (exact) mass is 475 g/mol. The first-order valence-electron chi connectivity index (χ1n) is 11.6. The molecular formula is C28H30FN3O3. The Hall–Kier alpha value is -3.71. The number of rotatable bonds is 8. The molecule has 6 nitrogen and oxygen atoms in total. The van der Waals surface area contributed by atoms with Gasteiger partial charge >= 0.3 is 0 Å². The molecule has 0 radical (unpaired) electrons. The molecular weight excluding hydrogens is 445 g/mol. The summed E-state index contributed by atoms with van der Waals surface area (Å²) in [6, 6.07) is 20.3. The van der Waals surface area contributed by atoms with Crippen LogP contribution in [-0.2, 0) is 11.3 Å². The molecule has 0 saturated heterocycles. The minimum atomic E-state index is -0.611. The molecule has 1 aliphatic heterocycles. The quantitative estimate of drug-likeness (QED) is 0.535. The maximum atomic E-state index is 13.8. The van der Waals surface area contributed by atoms with Gasteiger partial charge in [0.05, 0.1) is 19.1 Å². The molecule has 0 bridgehead atoms. The Morgan fingerprint density at radius 3 is 2.37 bits per heavy atom. The van der Waals surface area contributed by atoms with Gasteiger partial charge in [0.15, 0.2) is 0 Å². The number of benzene rings is 3. The molecule has 0 aromatic heterocycles. The Morgan fingerprint density at radius 1 is 1.03 bits per heavy atom. The van der Waals surface area contributed by atoms with Crippen molar-refractivity contribution in [3.05, 3.63) is 101 Å². The second kappa shape index (κ2) is 10.7. The number of halogens is 1. The second-order valence-corrected chi connectivity index (χ2v) is 8.94. The van der Waals surface area contributed by atoms with E-state index in [2.05, 4.69) is 5.32 Å². The number of amides is 2. The molecule has 3 aromatic rings. The van der Waals surface area contributed by atoms with E-state index in [9.17, 15) is 14.0 Å². The van der Waals surface area contributed by atoms with E-state index in [1.54, 1.807) is 30.2 Å². The van der Waals surface area contributed by atoms with Crippen molar-refractivity contribution in [2.24, 2.45) is 0 Å². The molecule has 0 fully saturated rings. The van der Waals surface area contributed by atoms with Crippen molar-refractivity contribution in [3.63, 3.8) is 0 Å². The van der Waals surface area contributed by atoms with E-state index in [1.807, 2.05) is 61.5 Å². The van der Waals surface area contributed by atoms with Crippen LogP contribution < -0.4 is 10.1 Å². The van der Waals surface area contributed by atoms with Gasteiger partial charge in [0.25, 0.3) is 5.91 Å². The topological polar surface area (TPSA) is 61.9 Å². The lowest BCUT2D eigenvalue weighted by Gasteiger charge is -2.42. The van der Waals surface area contributed by atoms with Gasteiger partial charge in [-0.15, -0.1) is 0 Å². The van der Waals surface area contributed by atoms with Gasteiger partial charge in [-0.25, -0.2) is 4.39 Å². The zero-order valence-corrected chi connectivity index (χ0v) is 20.2. The number of ether oxygens (including phenoxy) is 1. The van der Waals surface area contributed by atoms with Gasteiger partial charge < -0.3 is 19.9 Å². The first-order chi connectivity index (χ1) is 16.9. The molecule has 7 heteroatoms. The standard InChI is InChI=1S/C28H30FN3O3/c1-31(2)17-16-30-27(33)25-23-6-4-5-7-24(23)28(34)32(18-19-8-12-21(29)13-9-19)26(25)20-10-14-22(35-3)15-11-20/h4-15,25-26H,16-18H2,1-3H3,(H,30,33)/t25-,26+/m1/s1. The highest BCUT2D eigenvalue weighted by molar-refractivity contribution is 6.01. The molecule has 182 valence electrons. The number of methoxy groups -OCH3 is 1. The van der Waals surface area contributed by atoms with E-state index in [-0.39, 0.29) is 24.2 Å². The van der Waals surface area contributed by atoms with Gasteiger partial charge in [-0.2, -0.15) is 0 Å². The third kappa shape index (κ3) is 5.35. The van der Waals surface area contributed by atoms with Crippen molar-refractivity contribution in [3.8, 4) is 5.75 Å². The molecule has 2 amide bonds. The minimum Gasteiger partial charge on any atom is -0.497 e. The van der Waals surface area contributed by atoms with Gasteiger partial charge in [0.1, 0.15) is 11.6 Å². The summed E-state index contributed by atoms with van der Waals surface area (Å²) in [7, 11) is 5.49. The van der Waals surface area contributed by atoms with Gasteiger partial charge in [0.2, 0.25) is 5.91 Å². The summed E-state index contributed by atoms with van der Waals surface area (Å²) >= 11 is 0. The van der Waals surface area contributed by atoms with Crippen molar-refractivity contribution in [2.45, 2.75) is 18.5 Å². The smallest absolute Gasteiger partial charge is 0.255 e. The fourth-order valence-electron chi connectivity index (χ4n) is 4.52. The van der Waals surface area contributed by atoms with Crippen molar-refractivity contribution in [1.82, 2.24) is 15.1 Å². The molecule has 4 rings (SSSR count). The van der Waals surface area contributed by atoms with E-state index in [4.69, 9.17) is 4.74 Å². The van der Waals surface area contributed by atoms with Crippen LogP contribution >= 0.6 is 0 Å².